The maximum absolute atomic E-state index is 13.4. The molecule has 0 radical (unpaired) electrons. The molecule has 0 saturated carbocycles. The van der Waals surface area contributed by atoms with Gasteiger partial charge in [0.2, 0.25) is 0 Å². The summed E-state index contributed by atoms with van der Waals surface area (Å²) in [5.74, 6) is 0. The van der Waals surface area contributed by atoms with Crippen LogP contribution < -0.4 is 11.2 Å². The predicted octanol–water partition coefficient (Wildman–Crippen LogP) is -1.24. The van der Waals surface area contributed by atoms with Crippen LogP contribution in [0.5, 0.6) is 0 Å². The summed E-state index contributed by atoms with van der Waals surface area (Å²) in [5.41, 5.74) is -1.44. The molecule has 1 unspecified atom stereocenters. The van der Waals surface area contributed by atoms with Gasteiger partial charge in [0.05, 0.1) is 13.2 Å². The lowest BCUT2D eigenvalue weighted by molar-refractivity contribution is -0.121. The molecular formula is C10H15FN2O5. The number of hydrogen-bond acceptors (Lipinski definition) is 5. The van der Waals surface area contributed by atoms with Gasteiger partial charge in [-0.15, -0.1) is 0 Å². The Kier molecular flexibility index (Phi) is 5.20. The lowest BCUT2D eigenvalue weighted by Gasteiger charge is -2.24. The quantitative estimate of drug-likeness (QED) is 0.595. The van der Waals surface area contributed by atoms with E-state index in [1.54, 1.807) is 0 Å². The Morgan fingerprint density at radius 3 is 2.50 bits per heavy atom. The number of alkyl halides is 1. The standard InChI is InChI=1S/C10H15FN2O5/c1-6(11)9(18-7(4-14)5-15)13-3-2-8(16)12-10(13)17/h2-3,6-7,9,14-15H,4-5H2,1H3,(H,12,16,17)/t6?,9-/m1/s1. The first-order chi connectivity index (χ1) is 8.49. The fourth-order valence-corrected chi connectivity index (χ4v) is 1.36. The Morgan fingerprint density at radius 1 is 1.44 bits per heavy atom. The second-order valence-corrected chi connectivity index (χ2v) is 3.71. The maximum atomic E-state index is 13.4. The molecule has 8 heteroatoms. The highest BCUT2D eigenvalue weighted by atomic mass is 19.1. The number of nitrogens with zero attached hydrogens (tertiary/aromatic N) is 1. The fourth-order valence-electron chi connectivity index (χ4n) is 1.36. The van der Waals surface area contributed by atoms with Crippen molar-refractivity contribution >= 4 is 0 Å². The monoisotopic (exact) mass is 262 g/mol. The SMILES string of the molecule is CC(F)[C@@H](OC(CO)CO)n1ccc(=O)[nH]c1=O. The van der Waals surface area contributed by atoms with E-state index in [0.29, 0.717) is 0 Å². The van der Waals surface area contributed by atoms with E-state index in [0.717, 1.165) is 23.8 Å². The minimum absolute atomic E-state index is 0.516. The van der Waals surface area contributed by atoms with Crippen LogP contribution in [0, 0.1) is 0 Å². The zero-order valence-electron chi connectivity index (χ0n) is 9.75. The molecule has 18 heavy (non-hydrogen) atoms. The molecule has 7 nitrogen and oxygen atoms in total. The number of aromatic nitrogens is 2. The van der Waals surface area contributed by atoms with Gasteiger partial charge < -0.3 is 14.9 Å². The molecule has 0 spiro atoms. The molecule has 0 aromatic carbocycles. The van der Waals surface area contributed by atoms with Crippen molar-refractivity contribution in [3.05, 3.63) is 33.1 Å². The molecule has 0 saturated heterocycles. The molecule has 2 atom stereocenters. The summed E-state index contributed by atoms with van der Waals surface area (Å²) < 4.78 is 19.4. The highest BCUT2D eigenvalue weighted by molar-refractivity contribution is 4.85. The van der Waals surface area contributed by atoms with Crippen molar-refractivity contribution in [3.63, 3.8) is 0 Å². The third kappa shape index (κ3) is 3.49. The summed E-state index contributed by atoms with van der Waals surface area (Å²) in [6, 6.07) is 1.05. The third-order valence-electron chi connectivity index (χ3n) is 2.26. The molecule has 0 amide bonds. The topological polar surface area (TPSA) is 105 Å². The molecule has 1 aromatic heterocycles. The maximum Gasteiger partial charge on any atom is 0.330 e. The minimum Gasteiger partial charge on any atom is -0.394 e. The van der Waals surface area contributed by atoms with E-state index in [1.165, 1.54) is 0 Å². The normalized spacial score (nSPS) is 14.7. The summed E-state index contributed by atoms with van der Waals surface area (Å²) in [5, 5.41) is 17.7. The lowest BCUT2D eigenvalue weighted by atomic mass is 10.3. The summed E-state index contributed by atoms with van der Waals surface area (Å²) in [4.78, 5) is 24.3. The van der Waals surface area contributed by atoms with Crippen LogP contribution in [0.15, 0.2) is 21.9 Å². The molecule has 1 aromatic rings. The van der Waals surface area contributed by atoms with Crippen LogP contribution in [0.3, 0.4) is 0 Å². The van der Waals surface area contributed by atoms with Crippen molar-refractivity contribution in [2.24, 2.45) is 0 Å². The molecular weight excluding hydrogens is 247 g/mol. The molecule has 102 valence electrons. The van der Waals surface area contributed by atoms with Crippen LogP contribution >= 0.6 is 0 Å². The van der Waals surface area contributed by atoms with E-state index in [9.17, 15) is 14.0 Å². The average Bonchev–Trinajstić information content (AvgIpc) is 2.32. The van der Waals surface area contributed by atoms with Crippen LogP contribution in [-0.4, -0.2) is 45.3 Å². The van der Waals surface area contributed by atoms with Crippen molar-refractivity contribution in [2.45, 2.75) is 25.4 Å². The molecule has 0 bridgehead atoms. The average molecular weight is 262 g/mol. The highest BCUT2D eigenvalue weighted by Gasteiger charge is 2.24. The molecule has 0 aliphatic heterocycles. The van der Waals surface area contributed by atoms with Crippen LogP contribution in [0.1, 0.15) is 13.2 Å². The Balaban J connectivity index is 3.05. The molecule has 3 N–H and O–H groups in total. The van der Waals surface area contributed by atoms with Gasteiger partial charge in [-0.3, -0.25) is 14.3 Å². The lowest BCUT2D eigenvalue weighted by Crippen LogP contribution is -2.38. The number of aromatic amines is 1. The van der Waals surface area contributed by atoms with Gasteiger partial charge in [0, 0.05) is 12.3 Å². The first kappa shape index (κ1) is 14.6. The van der Waals surface area contributed by atoms with E-state index in [-0.39, 0.29) is 0 Å². The van der Waals surface area contributed by atoms with Crippen molar-refractivity contribution in [2.75, 3.05) is 13.2 Å². The number of aliphatic hydroxyl groups excluding tert-OH is 2. The van der Waals surface area contributed by atoms with E-state index < -0.39 is 43.0 Å². The van der Waals surface area contributed by atoms with E-state index >= 15 is 0 Å². The smallest absolute Gasteiger partial charge is 0.330 e. The van der Waals surface area contributed by atoms with Crippen molar-refractivity contribution < 1.29 is 19.3 Å². The van der Waals surface area contributed by atoms with Crippen LogP contribution in [0.4, 0.5) is 4.39 Å². The van der Waals surface area contributed by atoms with E-state index in [4.69, 9.17) is 14.9 Å². The highest BCUT2D eigenvalue weighted by Crippen LogP contribution is 2.16. The van der Waals surface area contributed by atoms with Gasteiger partial charge in [-0.05, 0) is 6.92 Å². The van der Waals surface area contributed by atoms with Crippen LogP contribution in [0.25, 0.3) is 0 Å². The molecule has 0 aliphatic rings. The Hall–Kier alpha value is -1.51. The zero-order valence-corrected chi connectivity index (χ0v) is 9.75. The number of halogens is 1. The number of nitrogens with one attached hydrogen (secondary N) is 1. The van der Waals surface area contributed by atoms with E-state index in [2.05, 4.69) is 0 Å². The largest absolute Gasteiger partial charge is 0.394 e. The van der Waals surface area contributed by atoms with Crippen LogP contribution in [-0.2, 0) is 4.74 Å². The number of hydrogen-bond donors (Lipinski definition) is 3. The van der Waals surface area contributed by atoms with Gasteiger partial charge in [-0.2, -0.15) is 0 Å². The Labute approximate surface area is 101 Å². The Bertz CT molecular complexity index is 480. The first-order valence-corrected chi connectivity index (χ1v) is 5.32. The third-order valence-corrected chi connectivity index (χ3v) is 2.26. The molecule has 0 fully saturated rings. The van der Waals surface area contributed by atoms with Gasteiger partial charge in [-0.1, -0.05) is 0 Å². The van der Waals surface area contributed by atoms with Gasteiger partial charge in [0.25, 0.3) is 5.56 Å². The van der Waals surface area contributed by atoms with Gasteiger partial charge in [0.1, 0.15) is 12.3 Å². The number of H-pyrrole nitrogens is 1. The van der Waals surface area contributed by atoms with Crippen molar-refractivity contribution in [3.8, 4) is 0 Å². The predicted molar refractivity (Wildman–Crippen MR) is 60.0 cm³/mol. The zero-order chi connectivity index (χ0) is 13.7. The minimum atomic E-state index is -1.57. The summed E-state index contributed by atoms with van der Waals surface area (Å²) in [6.07, 6.45) is -2.83. The van der Waals surface area contributed by atoms with Gasteiger partial charge >= 0.3 is 5.69 Å². The van der Waals surface area contributed by atoms with Gasteiger partial charge in [-0.25, -0.2) is 9.18 Å². The summed E-state index contributed by atoms with van der Waals surface area (Å²) >= 11 is 0. The Morgan fingerprint density at radius 2 is 2.06 bits per heavy atom. The fraction of sp³-hybridized carbons (Fsp3) is 0.600. The summed E-state index contributed by atoms with van der Waals surface area (Å²) in [7, 11) is 0. The van der Waals surface area contributed by atoms with Crippen molar-refractivity contribution in [1.29, 1.82) is 0 Å². The number of aliphatic hydroxyl groups is 2. The summed E-state index contributed by atoms with van der Waals surface area (Å²) in [6.45, 7) is 0.129. The number of rotatable bonds is 6. The molecule has 1 rings (SSSR count). The first-order valence-electron chi connectivity index (χ1n) is 5.32. The van der Waals surface area contributed by atoms with Crippen LogP contribution in [0.2, 0.25) is 0 Å². The van der Waals surface area contributed by atoms with Crippen molar-refractivity contribution in [1.82, 2.24) is 9.55 Å². The number of ether oxygens (including phenoxy) is 1. The molecule has 1 heterocycles. The molecule has 0 aliphatic carbocycles. The van der Waals surface area contributed by atoms with Gasteiger partial charge in [0.15, 0.2) is 6.23 Å². The second kappa shape index (κ2) is 6.43. The van der Waals surface area contributed by atoms with E-state index in [1.807, 2.05) is 4.98 Å². The second-order valence-electron chi connectivity index (χ2n) is 3.71.